The van der Waals surface area contributed by atoms with Crippen molar-refractivity contribution in [3.05, 3.63) is 59.9 Å². The number of rotatable bonds is 9. The van der Waals surface area contributed by atoms with Crippen molar-refractivity contribution in [3.63, 3.8) is 0 Å². The van der Waals surface area contributed by atoms with Gasteiger partial charge in [-0.3, -0.25) is 4.79 Å². The van der Waals surface area contributed by atoms with Gasteiger partial charge in [-0.15, -0.1) is 0 Å². The molecule has 134 valence electrons. The molecule has 0 aliphatic heterocycles. The summed E-state index contributed by atoms with van der Waals surface area (Å²) in [6.07, 6.45) is 0.340. The zero-order valence-electron chi connectivity index (χ0n) is 14.9. The fourth-order valence-electron chi connectivity index (χ4n) is 2.62. The van der Waals surface area contributed by atoms with Crippen molar-refractivity contribution < 1.29 is 9.18 Å². The van der Waals surface area contributed by atoms with E-state index in [9.17, 15) is 9.18 Å². The van der Waals surface area contributed by atoms with E-state index in [1.54, 1.807) is 18.2 Å². The van der Waals surface area contributed by atoms with E-state index in [1.807, 2.05) is 12.1 Å². The largest absolute Gasteiger partial charge is 0.385 e. The summed E-state index contributed by atoms with van der Waals surface area (Å²) in [6.45, 7) is 6.97. The smallest absolute Gasteiger partial charge is 0.222 e. The molecular weight excluding hydrogens is 317 g/mol. The van der Waals surface area contributed by atoms with Gasteiger partial charge in [-0.2, -0.15) is 0 Å². The average molecular weight is 343 g/mol. The van der Waals surface area contributed by atoms with E-state index < -0.39 is 0 Å². The van der Waals surface area contributed by atoms with Gasteiger partial charge in [0, 0.05) is 49.5 Å². The van der Waals surface area contributed by atoms with Crippen LogP contribution in [0.2, 0.25) is 0 Å². The van der Waals surface area contributed by atoms with Crippen LogP contribution in [0.15, 0.2) is 48.5 Å². The number of halogens is 1. The average Bonchev–Trinajstić information content (AvgIpc) is 2.63. The number of hydrogen-bond donors (Lipinski definition) is 2. The Hall–Kier alpha value is -2.56. The molecule has 0 heterocycles. The third-order valence-electron chi connectivity index (χ3n) is 4.11. The summed E-state index contributed by atoms with van der Waals surface area (Å²) < 4.78 is 13.5. The summed E-state index contributed by atoms with van der Waals surface area (Å²) in [7, 11) is 0. The van der Waals surface area contributed by atoms with Gasteiger partial charge in [0.25, 0.3) is 0 Å². The van der Waals surface area contributed by atoms with Crippen molar-refractivity contribution in [2.45, 2.75) is 26.8 Å². The van der Waals surface area contributed by atoms with Crippen molar-refractivity contribution in [2.75, 3.05) is 29.9 Å². The molecule has 2 aromatic rings. The predicted octanol–water partition coefficient (Wildman–Crippen LogP) is 3.79. The number of nitrogens with one attached hydrogen (secondary N) is 2. The standard InChI is InChI=1S/C20H26FN3O/c1-3-24(4-2)18-11-9-17(10-12-18)22-14-13-20(25)23-15-16-7-5-6-8-19(16)21/h5-12,22H,3-4,13-15H2,1-2H3,(H,23,25). The lowest BCUT2D eigenvalue weighted by Gasteiger charge is -2.21. The van der Waals surface area contributed by atoms with Crippen LogP contribution in [0.1, 0.15) is 25.8 Å². The SMILES string of the molecule is CCN(CC)c1ccc(NCCC(=O)NCc2ccccc2F)cc1. The molecule has 0 radical (unpaired) electrons. The number of carbonyl (C=O) groups excluding carboxylic acids is 1. The lowest BCUT2D eigenvalue weighted by Crippen LogP contribution is -2.25. The van der Waals surface area contributed by atoms with Gasteiger partial charge in [0.2, 0.25) is 5.91 Å². The second kappa shape index (κ2) is 9.67. The van der Waals surface area contributed by atoms with Gasteiger partial charge in [0.15, 0.2) is 0 Å². The molecule has 0 spiro atoms. The second-order valence-corrected chi connectivity index (χ2v) is 5.76. The van der Waals surface area contributed by atoms with E-state index in [0.717, 1.165) is 18.8 Å². The normalized spacial score (nSPS) is 10.4. The molecule has 1 amide bonds. The molecule has 0 saturated carbocycles. The summed E-state index contributed by atoms with van der Waals surface area (Å²) in [5.74, 6) is -0.398. The van der Waals surface area contributed by atoms with Crippen LogP contribution >= 0.6 is 0 Å². The Morgan fingerprint density at radius 1 is 1.04 bits per heavy atom. The molecule has 0 bridgehead atoms. The molecule has 0 saturated heterocycles. The van der Waals surface area contributed by atoms with Crippen LogP contribution in [0.5, 0.6) is 0 Å². The van der Waals surface area contributed by atoms with Crippen LogP contribution < -0.4 is 15.5 Å². The molecule has 0 atom stereocenters. The molecule has 0 aromatic heterocycles. The highest BCUT2D eigenvalue weighted by atomic mass is 19.1. The van der Waals surface area contributed by atoms with Crippen molar-refractivity contribution in [1.82, 2.24) is 5.32 Å². The van der Waals surface area contributed by atoms with Gasteiger partial charge in [0.1, 0.15) is 5.82 Å². The minimum Gasteiger partial charge on any atom is -0.385 e. The zero-order valence-corrected chi connectivity index (χ0v) is 14.9. The Kier molecular flexibility index (Phi) is 7.26. The molecular formula is C20H26FN3O. The molecule has 5 heteroatoms. The minimum absolute atomic E-state index is 0.101. The lowest BCUT2D eigenvalue weighted by molar-refractivity contribution is -0.121. The highest BCUT2D eigenvalue weighted by Gasteiger charge is 2.05. The van der Waals surface area contributed by atoms with E-state index in [2.05, 4.69) is 41.5 Å². The molecule has 0 fully saturated rings. The Morgan fingerprint density at radius 3 is 2.36 bits per heavy atom. The zero-order chi connectivity index (χ0) is 18.1. The van der Waals surface area contributed by atoms with Gasteiger partial charge in [-0.05, 0) is 44.2 Å². The number of carbonyl (C=O) groups is 1. The third kappa shape index (κ3) is 5.78. The van der Waals surface area contributed by atoms with Crippen LogP contribution in [0.4, 0.5) is 15.8 Å². The Balaban J connectivity index is 1.73. The van der Waals surface area contributed by atoms with Crippen molar-refractivity contribution >= 4 is 17.3 Å². The summed E-state index contributed by atoms with van der Waals surface area (Å²) >= 11 is 0. The predicted molar refractivity (Wildman–Crippen MR) is 101 cm³/mol. The van der Waals surface area contributed by atoms with Crippen molar-refractivity contribution in [1.29, 1.82) is 0 Å². The minimum atomic E-state index is -0.297. The van der Waals surface area contributed by atoms with Crippen molar-refractivity contribution in [2.24, 2.45) is 0 Å². The van der Waals surface area contributed by atoms with Crippen molar-refractivity contribution in [3.8, 4) is 0 Å². The maximum atomic E-state index is 13.5. The number of nitrogens with zero attached hydrogens (tertiary/aromatic N) is 1. The van der Waals surface area contributed by atoms with Gasteiger partial charge in [0.05, 0.1) is 0 Å². The number of benzene rings is 2. The maximum Gasteiger partial charge on any atom is 0.222 e. The first-order valence-corrected chi connectivity index (χ1v) is 8.73. The van der Waals surface area contributed by atoms with Crippen LogP contribution in [-0.2, 0) is 11.3 Å². The molecule has 25 heavy (non-hydrogen) atoms. The van der Waals surface area contributed by atoms with Crippen LogP contribution in [0.3, 0.4) is 0 Å². The number of anilines is 2. The van der Waals surface area contributed by atoms with Gasteiger partial charge in [-0.1, -0.05) is 18.2 Å². The van der Waals surface area contributed by atoms with E-state index >= 15 is 0 Å². The van der Waals surface area contributed by atoms with E-state index in [1.165, 1.54) is 11.8 Å². The first-order valence-electron chi connectivity index (χ1n) is 8.73. The maximum absolute atomic E-state index is 13.5. The lowest BCUT2D eigenvalue weighted by atomic mass is 10.2. The Labute approximate surface area is 149 Å². The van der Waals surface area contributed by atoms with Crippen LogP contribution in [0.25, 0.3) is 0 Å². The summed E-state index contributed by atoms with van der Waals surface area (Å²) in [4.78, 5) is 14.1. The molecule has 2 aromatic carbocycles. The van der Waals surface area contributed by atoms with Crippen LogP contribution in [-0.4, -0.2) is 25.5 Å². The van der Waals surface area contributed by atoms with E-state index in [4.69, 9.17) is 0 Å². The molecule has 0 aliphatic carbocycles. The number of amides is 1. The highest BCUT2D eigenvalue weighted by molar-refractivity contribution is 5.76. The first-order chi connectivity index (χ1) is 12.1. The summed E-state index contributed by atoms with van der Waals surface area (Å²) in [5.41, 5.74) is 2.67. The summed E-state index contributed by atoms with van der Waals surface area (Å²) in [6, 6.07) is 14.7. The number of hydrogen-bond acceptors (Lipinski definition) is 3. The van der Waals surface area contributed by atoms with Gasteiger partial charge < -0.3 is 15.5 Å². The third-order valence-corrected chi connectivity index (χ3v) is 4.11. The Morgan fingerprint density at radius 2 is 1.72 bits per heavy atom. The van der Waals surface area contributed by atoms with Gasteiger partial charge in [-0.25, -0.2) is 4.39 Å². The molecule has 2 rings (SSSR count). The van der Waals surface area contributed by atoms with E-state index in [-0.39, 0.29) is 18.3 Å². The first kappa shape index (κ1) is 18.8. The monoisotopic (exact) mass is 343 g/mol. The quantitative estimate of drug-likeness (QED) is 0.728. The molecule has 0 aliphatic rings. The Bertz CT molecular complexity index is 669. The molecule has 4 nitrogen and oxygen atoms in total. The van der Waals surface area contributed by atoms with E-state index in [0.29, 0.717) is 18.5 Å². The molecule has 0 unspecified atom stereocenters. The van der Waals surface area contributed by atoms with Crippen LogP contribution in [0, 0.1) is 5.82 Å². The topological polar surface area (TPSA) is 44.4 Å². The second-order valence-electron chi connectivity index (χ2n) is 5.76. The fourth-order valence-corrected chi connectivity index (χ4v) is 2.62. The van der Waals surface area contributed by atoms with Gasteiger partial charge >= 0.3 is 0 Å². The highest BCUT2D eigenvalue weighted by Crippen LogP contribution is 2.17. The summed E-state index contributed by atoms with van der Waals surface area (Å²) in [5, 5.41) is 5.97. The fraction of sp³-hybridized carbons (Fsp3) is 0.350. The molecule has 2 N–H and O–H groups in total.